The van der Waals surface area contributed by atoms with Gasteiger partial charge in [-0.15, -0.1) is 0 Å². The number of anilines is 2. The number of thiol groups is 1. The van der Waals surface area contributed by atoms with E-state index in [1.165, 1.54) is 0 Å². The summed E-state index contributed by atoms with van der Waals surface area (Å²) < 4.78 is 1.90. The summed E-state index contributed by atoms with van der Waals surface area (Å²) in [7, 11) is 0. The summed E-state index contributed by atoms with van der Waals surface area (Å²) in [5.74, 6) is 1.44. The molecule has 3 aromatic heterocycles. The lowest BCUT2D eigenvalue weighted by Crippen LogP contribution is -2.32. The predicted octanol–water partition coefficient (Wildman–Crippen LogP) is 3.46. The number of carbonyl (C=O) groups is 2. The van der Waals surface area contributed by atoms with Gasteiger partial charge in [0.15, 0.2) is 0 Å². The summed E-state index contributed by atoms with van der Waals surface area (Å²) in [6.45, 7) is 2.22. The maximum absolute atomic E-state index is 12.9. The first-order chi connectivity index (χ1) is 17.9. The van der Waals surface area contributed by atoms with Crippen molar-refractivity contribution in [2.45, 2.75) is 25.8 Å². The van der Waals surface area contributed by atoms with Crippen LogP contribution in [0.15, 0.2) is 61.1 Å². The standard InChI is InChI=1S/C26H27N7O3S/c1-16(34)37-15-21(35)32-13-4-5-19(32)25-31-22(23-24(27)29-12-14-33(23)25)17-7-9-18(10-8-17)26(36)30-20-6-2-3-11-28-20/h2-3,6-12,14,19,34,37H,4-5,13,15H2,1H3,(H2,27,29)(H,28,30,36)/t19-/m0/s1. The Morgan fingerprint density at radius 2 is 1.97 bits per heavy atom. The number of nitrogens with one attached hydrogen (secondary N) is 1. The molecule has 4 aromatic rings. The molecule has 0 bridgehead atoms. The summed E-state index contributed by atoms with van der Waals surface area (Å²) >= 11 is 0.601. The number of nitrogens with zero attached hydrogens (tertiary/aromatic N) is 5. The smallest absolute Gasteiger partial charge is 0.256 e. The summed E-state index contributed by atoms with van der Waals surface area (Å²) in [6.07, 6.45) is 6.67. The number of nitrogen functional groups attached to an aromatic ring is 1. The van der Waals surface area contributed by atoms with Crippen molar-refractivity contribution in [3.63, 3.8) is 0 Å². The summed E-state index contributed by atoms with van der Waals surface area (Å²) in [5.41, 5.74) is 8.83. The first kappa shape index (κ1) is 24.6. The molecule has 0 spiro atoms. The monoisotopic (exact) mass is 517 g/mol. The zero-order chi connectivity index (χ0) is 25.9. The van der Waals surface area contributed by atoms with Gasteiger partial charge in [0.1, 0.15) is 28.7 Å². The van der Waals surface area contributed by atoms with Crippen LogP contribution in [0.4, 0.5) is 11.6 Å². The van der Waals surface area contributed by atoms with Crippen LogP contribution in [-0.2, 0) is 4.79 Å². The van der Waals surface area contributed by atoms with Crippen molar-refractivity contribution in [3.8, 4) is 11.3 Å². The minimum Gasteiger partial charge on any atom is -0.382 e. The first-order valence-corrected chi connectivity index (χ1v) is 12.9. The molecule has 0 radical (unpaired) electrons. The van der Waals surface area contributed by atoms with Gasteiger partial charge in [0.2, 0.25) is 5.91 Å². The van der Waals surface area contributed by atoms with Crippen molar-refractivity contribution in [2.75, 3.05) is 23.3 Å². The zero-order valence-corrected chi connectivity index (χ0v) is 21.1. The van der Waals surface area contributed by atoms with E-state index >= 15 is 0 Å². The highest BCUT2D eigenvalue weighted by Crippen LogP contribution is 2.36. The van der Waals surface area contributed by atoms with Gasteiger partial charge in [-0.2, -0.15) is 11.4 Å². The maximum atomic E-state index is 12.9. The number of aliphatic hydroxyl groups is 1. The number of benzene rings is 1. The highest BCUT2D eigenvalue weighted by atomic mass is 32.1. The molecule has 0 aliphatic carbocycles. The maximum Gasteiger partial charge on any atom is 0.256 e. The Morgan fingerprint density at radius 3 is 2.70 bits per heavy atom. The molecule has 0 unspecified atom stereocenters. The molecule has 10 nitrogen and oxygen atoms in total. The Labute approximate surface area is 217 Å². The van der Waals surface area contributed by atoms with Gasteiger partial charge < -0.3 is 21.1 Å². The Balaban J connectivity index is 1.47. The number of fused-ring (bicyclic) bond motifs is 1. The van der Waals surface area contributed by atoms with Crippen molar-refractivity contribution < 1.29 is 14.7 Å². The molecule has 37 heavy (non-hydrogen) atoms. The van der Waals surface area contributed by atoms with Gasteiger partial charge in [0.25, 0.3) is 5.91 Å². The molecule has 1 aliphatic rings. The van der Waals surface area contributed by atoms with Crippen LogP contribution >= 0.6 is 11.4 Å². The van der Waals surface area contributed by atoms with E-state index in [1.807, 2.05) is 21.4 Å². The SMILES string of the molecule is CC(O)=[SH]CC(=O)N1CCC[C@H]1c1nc(-c2ccc(C(=O)Nc3ccccn3)cc2)c2c(N)nccn12. The number of imidazole rings is 1. The molecule has 11 heteroatoms. The number of hydrogen-bond donors (Lipinski definition) is 4. The van der Waals surface area contributed by atoms with Crippen LogP contribution in [0.25, 0.3) is 16.8 Å². The number of hydrogen-bond acceptors (Lipinski definition) is 6. The molecule has 1 atom stereocenters. The third-order valence-corrected chi connectivity index (χ3v) is 7.14. The lowest BCUT2D eigenvalue weighted by Gasteiger charge is -2.23. The van der Waals surface area contributed by atoms with Crippen LogP contribution < -0.4 is 11.1 Å². The number of carbonyl (C=O) groups excluding carboxylic acids is 2. The number of likely N-dealkylation sites (tertiary alicyclic amines) is 1. The molecule has 2 amide bonds. The molecule has 190 valence electrons. The molecule has 4 N–H and O–H groups in total. The molecule has 1 saturated heterocycles. The topological polar surface area (TPSA) is 139 Å². The summed E-state index contributed by atoms with van der Waals surface area (Å²) in [6, 6.07) is 12.2. The molecule has 4 heterocycles. The molecular weight excluding hydrogens is 490 g/mol. The zero-order valence-electron chi connectivity index (χ0n) is 20.2. The fourth-order valence-electron chi connectivity index (χ4n) is 4.53. The Hall–Kier alpha value is -4.09. The summed E-state index contributed by atoms with van der Waals surface area (Å²) in [4.78, 5) is 40.7. The second kappa shape index (κ2) is 10.5. The van der Waals surface area contributed by atoms with Gasteiger partial charge in [0, 0.05) is 36.3 Å². The van der Waals surface area contributed by atoms with Gasteiger partial charge in [-0.05, 0) is 44.0 Å². The van der Waals surface area contributed by atoms with E-state index in [-0.39, 0.29) is 28.7 Å². The van der Waals surface area contributed by atoms with E-state index in [1.54, 1.807) is 55.8 Å². The minimum atomic E-state index is -0.267. The van der Waals surface area contributed by atoms with E-state index < -0.39 is 0 Å². The second-order valence-electron chi connectivity index (χ2n) is 8.70. The fraction of sp³-hybridized carbons (Fsp3) is 0.231. The average Bonchev–Trinajstić information content (AvgIpc) is 3.54. The van der Waals surface area contributed by atoms with E-state index in [4.69, 9.17) is 10.7 Å². The van der Waals surface area contributed by atoms with Gasteiger partial charge in [-0.3, -0.25) is 14.0 Å². The number of amides is 2. The van der Waals surface area contributed by atoms with Crippen LogP contribution in [0.2, 0.25) is 0 Å². The number of aliphatic hydroxyl groups excluding tert-OH is 1. The molecule has 1 aliphatic heterocycles. The Morgan fingerprint density at radius 1 is 1.16 bits per heavy atom. The van der Waals surface area contributed by atoms with E-state index in [0.29, 0.717) is 52.1 Å². The average molecular weight is 518 g/mol. The van der Waals surface area contributed by atoms with E-state index in [2.05, 4.69) is 15.3 Å². The van der Waals surface area contributed by atoms with Crippen molar-refractivity contribution in [1.29, 1.82) is 0 Å². The highest BCUT2D eigenvalue weighted by Gasteiger charge is 2.33. The van der Waals surface area contributed by atoms with Crippen LogP contribution in [0.3, 0.4) is 0 Å². The van der Waals surface area contributed by atoms with Crippen molar-refractivity contribution in [2.24, 2.45) is 0 Å². The van der Waals surface area contributed by atoms with Crippen molar-refractivity contribution in [3.05, 3.63) is 72.4 Å². The lowest BCUT2D eigenvalue weighted by molar-refractivity contribution is -0.129. The van der Waals surface area contributed by atoms with Gasteiger partial charge >= 0.3 is 0 Å². The van der Waals surface area contributed by atoms with Gasteiger partial charge in [-0.25, -0.2) is 15.0 Å². The molecule has 5 rings (SSSR count). The quantitative estimate of drug-likeness (QED) is 0.227. The van der Waals surface area contributed by atoms with Gasteiger partial charge in [-0.1, -0.05) is 18.2 Å². The van der Waals surface area contributed by atoms with Crippen LogP contribution in [0.5, 0.6) is 0 Å². The fourth-order valence-corrected chi connectivity index (χ4v) is 5.08. The Kier molecular flexibility index (Phi) is 6.97. The number of nitrogens with two attached hydrogens (primary N) is 1. The molecular formula is C26H27N7O3S. The second-order valence-corrected chi connectivity index (χ2v) is 9.98. The van der Waals surface area contributed by atoms with Crippen LogP contribution in [-0.4, -0.2) is 58.5 Å². The third kappa shape index (κ3) is 5.09. The molecule has 0 saturated carbocycles. The largest absolute Gasteiger partial charge is 0.382 e. The lowest BCUT2D eigenvalue weighted by atomic mass is 10.1. The number of pyridine rings is 1. The summed E-state index contributed by atoms with van der Waals surface area (Å²) in [5, 5.41) is 12.5. The Bertz CT molecular complexity index is 1480. The van der Waals surface area contributed by atoms with E-state index in [9.17, 15) is 14.7 Å². The number of rotatable bonds is 6. The van der Waals surface area contributed by atoms with Crippen LogP contribution in [0.1, 0.15) is 42.0 Å². The normalized spacial score (nSPS) is 16.0. The van der Waals surface area contributed by atoms with Crippen molar-refractivity contribution in [1.82, 2.24) is 24.3 Å². The highest BCUT2D eigenvalue weighted by molar-refractivity contribution is 7.99. The van der Waals surface area contributed by atoms with Gasteiger partial charge in [0.05, 0.1) is 16.8 Å². The third-order valence-electron chi connectivity index (χ3n) is 6.25. The predicted molar refractivity (Wildman–Crippen MR) is 146 cm³/mol. The number of aromatic nitrogens is 4. The molecule has 1 aromatic carbocycles. The van der Waals surface area contributed by atoms with Crippen molar-refractivity contribution >= 4 is 45.4 Å². The first-order valence-electron chi connectivity index (χ1n) is 11.9. The molecule has 1 fully saturated rings. The minimum absolute atomic E-state index is 0.0267. The van der Waals surface area contributed by atoms with Crippen LogP contribution in [0, 0.1) is 0 Å². The van der Waals surface area contributed by atoms with E-state index in [0.717, 1.165) is 18.4 Å².